The fourth-order valence-electron chi connectivity index (χ4n) is 1.85. The molecule has 0 aliphatic carbocycles. The number of ether oxygens (including phenoxy) is 2. The van der Waals surface area contributed by atoms with Crippen LogP contribution in [-0.4, -0.2) is 24.7 Å². The Bertz CT molecular complexity index is 432. The highest BCUT2D eigenvalue weighted by Gasteiger charge is 2.16. The van der Waals surface area contributed by atoms with Gasteiger partial charge in [-0.15, -0.1) is 0 Å². The molecule has 1 aliphatic heterocycles. The van der Waals surface area contributed by atoms with Crippen LogP contribution >= 0.6 is 15.9 Å². The minimum absolute atomic E-state index is 0.0697. The molecule has 0 bridgehead atoms. The van der Waals surface area contributed by atoms with Crippen molar-refractivity contribution in [3.8, 4) is 0 Å². The van der Waals surface area contributed by atoms with Gasteiger partial charge in [-0.1, -0.05) is 6.07 Å². The van der Waals surface area contributed by atoms with Crippen molar-refractivity contribution in [3.05, 3.63) is 38.3 Å². The molecule has 1 aromatic rings. The van der Waals surface area contributed by atoms with Crippen LogP contribution in [0.25, 0.3) is 0 Å². The van der Waals surface area contributed by atoms with E-state index in [1.54, 1.807) is 6.07 Å². The molecule has 98 valence electrons. The van der Waals surface area contributed by atoms with Gasteiger partial charge in [0.25, 0.3) is 5.69 Å². The first kappa shape index (κ1) is 13.5. The van der Waals surface area contributed by atoms with Gasteiger partial charge in [0.2, 0.25) is 0 Å². The highest BCUT2D eigenvalue weighted by Crippen LogP contribution is 2.26. The Morgan fingerprint density at radius 2 is 2.39 bits per heavy atom. The zero-order chi connectivity index (χ0) is 13.0. The lowest BCUT2D eigenvalue weighted by Gasteiger charge is -2.08. The van der Waals surface area contributed by atoms with Gasteiger partial charge in [0, 0.05) is 18.6 Å². The maximum Gasteiger partial charge on any atom is 0.283 e. The Kier molecular flexibility index (Phi) is 4.68. The minimum atomic E-state index is -0.404. The molecule has 0 N–H and O–H groups in total. The monoisotopic (exact) mass is 315 g/mol. The van der Waals surface area contributed by atoms with Crippen LogP contribution in [0.4, 0.5) is 5.69 Å². The van der Waals surface area contributed by atoms with Gasteiger partial charge in [-0.2, -0.15) is 0 Å². The second kappa shape index (κ2) is 6.26. The highest BCUT2D eigenvalue weighted by molar-refractivity contribution is 9.10. The molecule has 1 heterocycles. The van der Waals surface area contributed by atoms with E-state index in [0.29, 0.717) is 23.6 Å². The summed E-state index contributed by atoms with van der Waals surface area (Å²) in [7, 11) is 0. The summed E-state index contributed by atoms with van der Waals surface area (Å²) in [4.78, 5) is 10.4. The van der Waals surface area contributed by atoms with E-state index >= 15 is 0 Å². The predicted molar refractivity (Wildman–Crippen MR) is 69.4 cm³/mol. The molecule has 0 spiro atoms. The molecule has 0 radical (unpaired) electrons. The van der Waals surface area contributed by atoms with Crippen molar-refractivity contribution in [2.45, 2.75) is 13.0 Å². The minimum Gasteiger partial charge on any atom is -0.381 e. The summed E-state index contributed by atoms with van der Waals surface area (Å²) in [6.45, 7) is 2.59. The molecule has 0 amide bonds. The van der Waals surface area contributed by atoms with E-state index in [-0.39, 0.29) is 5.69 Å². The van der Waals surface area contributed by atoms with Gasteiger partial charge >= 0.3 is 0 Å². The van der Waals surface area contributed by atoms with E-state index in [2.05, 4.69) is 15.9 Å². The number of nitrogens with zero attached hydrogens (tertiary/aromatic N) is 1. The molecule has 18 heavy (non-hydrogen) atoms. The molecule has 1 aromatic carbocycles. The van der Waals surface area contributed by atoms with Crippen LogP contribution in [0.5, 0.6) is 0 Å². The lowest BCUT2D eigenvalue weighted by molar-refractivity contribution is -0.385. The predicted octanol–water partition coefficient (Wildman–Crippen LogP) is 2.91. The third kappa shape index (κ3) is 3.51. The van der Waals surface area contributed by atoms with Gasteiger partial charge < -0.3 is 9.47 Å². The van der Waals surface area contributed by atoms with Crippen molar-refractivity contribution >= 4 is 21.6 Å². The number of hydrogen-bond acceptors (Lipinski definition) is 4. The third-order valence-electron chi connectivity index (χ3n) is 2.85. The van der Waals surface area contributed by atoms with Crippen LogP contribution in [0.1, 0.15) is 12.0 Å². The maximum absolute atomic E-state index is 10.8. The lowest BCUT2D eigenvalue weighted by Crippen LogP contribution is -2.09. The fraction of sp³-hybridized carbons (Fsp3) is 0.500. The summed E-state index contributed by atoms with van der Waals surface area (Å²) in [5, 5.41) is 10.8. The highest BCUT2D eigenvalue weighted by atomic mass is 79.9. The van der Waals surface area contributed by atoms with E-state index < -0.39 is 4.92 Å². The largest absolute Gasteiger partial charge is 0.381 e. The first-order valence-corrected chi connectivity index (χ1v) is 6.54. The average Bonchev–Trinajstić information content (AvgIpc) is 2.84. The second-order valence-corrected chi connectivity index (χ2v) is 5.14. The summed E-state index contributed by atoms with van der Waals surface area (Å²) < 4.78 is 11.3. The topological polar surface area (TPSA) is 61.6 Å². The van der Waals surface area contributed by atoms with Gasteiger partial charge in [-0.3, -0.25) is 10.1 Å². The first-order chi connectivity index (χ1) is 8.66. The summed E-state index contributed by atoms with van der Waals surface area (Å²) in [6.07, 6.45) is 1.03. The lowest BCUT2D eigenvalue weighted by atomic mass is 10.1. The molecule has 0 aromatic heterocycles. The number of nitro benzene ring substituents is 1. The Morgan fingerprint density at radius 3 is 3.06 bits per heavy atom. The molecule has 5 nitrogen and oxygen atoms in total. The van der Waals surface area contributed by atoms with Crippen molar-refractivity contribution in [3.63, 3.8) is 0 Å². The number of hydrogen-bond donors (Lipinski definition) is 0. The average molecular weight is 316 g/mol. The number of nitro groups is 1. The summed E-state index contributed by atoms with van der Waals surface area (Å²) in [6, 6.07) is 5.03. The second-order valence-electron chi connectivity index (χ2n) is 4.29. The SMILES string of the molecule is O=[N+]([O-])c1cc(COCC2CCOC2)ccc1Br. The Hall–Kier alpha value is -0.980. The Morgan fingerprint density at radius 1 is 1.56 bits per heavy atom. The summed E-state index contributed by atoms with van der Waals surface area (Å²) >= 11 is 3.15. The van der Waals surface area contributed by atoms with E-state index in [0.717, 1.165) is 25.2 Å². The van der Waals surface area contributed by atoms with Gasteiger partial charge in [0.15, 0.2) is 0 Å². The first-order valence-electron chi connectivity index (χ1n) is 5.75. The van der Waals surface area contributed by atoms with Crippen LogP contribution in [0.15, 0.2) is 22.7 Å². The summed E-state index contributed by atoms with van der Waals surface area (Å²) in [5.41, 5.74) is 0.879. The van der Waals surface area contributed by atoms with Crippen molar-refractivity contribution < 1.29 is 14.4 Å². The van der Waals surface area contributed by atoms with E-state index in [9.17, 15) is 10.1 Å². The zero-order valence-electron chi connectivity index (χ0n) is 9.80. The van der Waals surface area contributed by atoms with Crippen LogP contribution in [0.3, 0.4) is 0 Å². The molecule has 2 rings (SSSR count). The van der Waals surface area contributed by atoms with Crippen LogP contribution in [-0.2, 0) is 16.1 Å². The molecule has 1 unspecified atom stereocenters. The van der Waals surface area contributed by atoms with Crippen molar-refractivity contribution in [2.24, 2.45) is 5.92 Å². The van der Waals surface area contributed by atoms with Gasteiger partial charge in [0.05, 0.1) is 29.2 Å². The van der Waals surface area contributed by atoms with Crippen molar-refractivity contribution in [1.29, 1.82) is 0 Å². The molecule has 1 saturated heterocycles. The third-order valence-corrected chi connectivity index (χ3v) is 3.52. The normalized spacial score (nSPS) is 19.1. The fourth-order valence-corrected chi connectivity index (χ4v) is 2.24. The number of benzene rings is 1. The molecule has 6 heteroatoms. The molecular weight excluding hydrogens is 302 g/mol. The van der Waals surface area contributed by atoms with Crippen LogP contribution < -0.4 is 0 Å². The zero-order valence-corrected chi connectivity index (χ0v) is 11.4. The molecular formula is C12H14BrNO4. The van der Waals surface area contributed by atoms with E-state index in [1.165, 1.54) is 6.07 Å². The van der Waals surface area contributed by atoms with Crippen molar-refractivity contribution in [1.82, 2.24) is 0 Å². The molecule has 1 atom stereocenters. The van der Waals surface area contributed by atoms with E-state index in [4.69, 9.17) is 9.47 Å². The van der Waals surface area contributed by atoms with Crippen LogP contribution in [0, 0.1) is 16.0 Å². The number of halogens is 1. The summed E-state index contributed by atoms with van der Waals surface area (Å²) in [5.74, 6) is 0.454. The molecule has 1 aliphatic rings. The van der Waals surface area contributed by atoms with Gasteiger partial charge in [-0.05, 0) is 34.0 Å². The molecule has 1 fully saturated rings. The molecule has 0 saturated carbocycles. The van der Waals surface area contributed by atoms with Gasteiger partial charge in [0.1, 0.15) is 0 Å². The smallest absolute Gasteiger partial charge is 0.283 e. The Balaban J connectivity index is 1.88. The van der Waals surface area contributed by atoms with Crippen molar-refractivity contribution in [2.75, 3.05) is 19.8 Å². The quantitative estimate of drug-likeness (QED) is 0.619. The van der Waals surface area contributed by atoms with Gasteiger partial charge in [-0.25, -0.2) is 0 Å². The Labute approximate surface area is 113 Å². The number of rotatable bonds is 5. The standard InChI is InChI=1S/C12H14BrNO4/c13-11-2-1-9(5-12(11)14(15)16)6-18-8-10-3-4-17-7-10/h1-2,5,10H,3-4,6-8H2. The maximum atomic E-state index is 10.8. The van der Waals surface area contributed by atoms with E-state index in [1.807, 2.05) is 6.07 Å². The van der Waals surface area contributed by atoms with Crippen LogP contribution in [0.2, 0.25) is 0 Å².